The van der Waals surface area contributed by atoms with Crippen molar-refractivity contribution in [3.05, 3.63) is 27.7 Å². The zero-order valence-corrected chi connectivity index (χ0v) is 13.1. The molecule has 1 rings (SSSR count). The molecule has 7 heteroatoms. The standard InChI is InChI=1S/C11H13BrClNO3S/c1-3-4-14-11(15)8-5-7(2)10(12)9(6-8)18(13,16)17/h5-6H,3-4H2,1-2H3,(H,14,15). The number of hydrogen-bond acceptors (Lipinski definition) is 3. The van der Waals surface area contributed by atoms with E-state index < -0.39 is 9.05 Å². The lowest BCUT2D eigenvalue weighted by molar-refractivity contribution is 0.0953. The quantitative estimate of drug-likeness (QED) is 0.846. The van der Waals surface area contributed by atoms with Gasteiger partial charge in [0.15, 0.2) is 0 Å². The summed E-state index contributed by atoms with van der Waals surface area (Å²) in [4.78, 5) is 11.7. The topological polar surface area (TPSA) is 63.2 Å². The minimum atomic E-state index is -3.89. The van der Waals surface area contributed by atoms with Crippen molar-refractivity contribution in [1.29, 1.82) is 0 Å². The van der Waals surface area contributed by atoms with Gasteiger partial charge in [-0.2, -0.15) is 0 Å². The van der Waals surface area contributed by atoms with E-state index in [2.05, 4.69) is 21.2 Å². The lowest BCUT2D eigenvalue weighted by Gasteiger charge is -2.09. The fourth-order valence-corrected chi connectivity index (χ4v) is 3.54. The third-order valence-electron chi connectivity index (χ3n) is 2.28. The molecule has 100 valence electrons. The van der Waals surface area contributed by atoms with Gasteiger partial charge in [0.1, 0.15) is 0 Å². The molecular weight excluding hydrogens is 342 g/mol. The number of amides is 1. The highest BCUT2D eigenvalue weighted by Crippen LogP contribution is 2.29. The first-order valence-electron chi connectivity index (χ1n) is 5.30. The smallest absolute Gasteiger partial charge is 0.262 e. The van der Waals surface area contributed by atoms with Crippen molar-refractivity contribution >= 4 is 41.6 Å². The van der Waals surface area contributed by atoms with Crippen molar-refractivity contribution in [1.82, 2.24) is 5.32 Å². The molecule has 0 bridgehead atoms. The Labute approximate surface area is 119 Å². The fraction of sp³-hybridized carbons (Fsp3) is 0.364. The fourth-order valence-electron chi connectivity index (χ4n) is 1.39. The Bertz CT molecular complexity index is 572. The molecule has 0 aliphatic heterocycles. The van der Waals surface area contributed by atoms with Gasteiger partial charge >= 0.3 is 0 Å². The van der Waals surface area contributed by atoms with Gasteiger partial charge in [-0.3, -0.25) is 4.79 Å². The SMILES string of the molecule is CCCNC(=O)c1cc(C)c(Br)c(S(=O)(=O)Cl)c1. The molecule has 0 aliphatic carbocycles. The van der Waals surface area contributed by atoms with Gasteiger partial charge in [0.05, 0.1) is 4.90 Å². The summed E-state index contributed by atoms with van der Waals surface area (Å²) in [5.74, 6) is -0.311. The van der Waals surface area contributed by atoms with E-state index in [9.17, 15) is 13.2 Å². The number of carbonyl (C=O) groups excluding carboxylic acids is 1. The van der Waals surface area contributed by atoms with Crippen LogP contribution < -0.4 is 5.32 Å². The summed E-state index contributed by atoms with van der Waals surface area (Å²) in [6.45, 7) is 4.17. The van der Waals surface area contributed by atoms with Gasteiger partial charge in [-0.15, -0.1) is 0 Å². The third kappa shape index (κ3) is 3.70. The molecule has 0 saturated heterocycles. The van der Waals surface area contributed by atoms with E-state index in [-0.39, 0.29) is 16.4 Å². The van der Waals surface area contributed by atoms with Crippen LogP contribution in [-0.2, 0) is 9.05 Å². The zero-order chi connectivity index (χ0) is 13.9. The molecule has 0 unspecified atom stereocenters. The number of nitrogens with one attached hydrogen (secondary N) is 1. The molecule has 0 fully saturated rings. The summed E-state index contributed by atoms with van der Waals surface area (Å²) < 4.78 is 23.2. The van der Waals surface area contributed by atoms with Crippen LogP contribution in [0.4, 0.5) is 0 Å². The molecule has 18 heavy (non-hydrogen) atoms. The number of halogens is 2. The molecule has 0 heterocycles. The second-order valence-electron chi connectivity index (χ2n) is 3.80. The van der Waals surface area contributed by atoms with E-state index in [0.717, 1.165) is 6.42 Å². The number of hydrogen-bond donors (Lipinski definition) is 1. The molecule has 1 amide bonds. The number of benzene rings is 1. The highest BCUT2D eigenvalue weighted by atomic mass is 79.9. The monoisotopic (exact) mass is 353 g/mol. The van der Waals surface area contributed by atoms with E-state index in [1.807, 2.05) is 6.92 Å². The Kier molecular flexibility index (Phi) is 5.19. The Morgan fingerprint density at radius 2 is 2.06 bits per heavy atom. The first-order chi connectivity index (χ1) is 8.27. The van der Waals surface area contributed by atoms with Gasteiger partial charge in [0.25, 0.3) is 15.0 Å². The third-order valence-corrected chi connectivity index (χ3v) is 4.94. The molecule has 1 aromatic rings. The van der Waals surface area contributed by atoms with E-state index in [4.69, 9.17) is 10.7 Å². The molecule has 4 nitrogen and oxygen atoms in total. The summed E-state index contributed by atoms with van der Waals surface area (Å²) in [6, 6.07) is 2.88. The zero-order valence-electron chi connectivity index (χ0n) is 9.96. The van der Waals surface area contributed by atoms with Gasteiger partial charge < -0.3 is 5.32 Å². The van der Waals surface area contributed by atoms with E-state index >= 15 is 0 Å². The second-order valence-corrected chi connectivity index (χ2v) is 7.13. The van der Waals surface area contributed by atoms with Crippen molar-refractivity contribution < 1.29 is 13.2 Å². The average Bonchev–Trinajstić information content (AvgIpc) is 2.27. The van der Waals surface area contributed by atoms with Crippen molar-refractivity contribution in [2.45, 2.75) is 25.2 Å². The predicted molar refractivity (Wildman–Crippen MR) is 74.5 cm³/mol. The summed E-state index contributed by atoms with van der Waals surface area (Å²) in [6.07, 6.45) is 0.807. The van der Waals surface area contributed by atoms with Crippen LogP contribution >= 0.6 is 26.6 Å². The summed E-state index contributed by atoms with van der Waals surface area (Å²) in [7, 11) is 1.44. The highest BCUT2D eigenvalue weighted by molar-refractivity contribution is 9.10. The first-order valence-corrected chi connectivity index (χ1v) is 8.40. The van der Waals surface area contributed by atoms with Crippen molar-refractivity contribution in [3.63, 3.8) is 0 Å². The first kappa shape index (κ1) is 15.5. The summed E-state index contributed by atoms with van der Waals surface area (Å²) in [5, 5.41) is 2.68. The van der Waals surface area contributed by atoms with Crippen LogP contribution in [0, 0.1) is 6.92 Å². The molecular formula is C11H13BrClNO3S. The van der Waals surface area contributed by atoms with Gasteiger partial charge in [0.2, 0.25) is 0 Å². The molecule has 0 saturated carbocycles. The van der Waals surface area contributed by atoms with Gasteiger partial charge in [-0.1, -0.05) is 6.92 Å². The average molecular weight is 355 g/mol. The molecule has 1 aromatic carbocycles. The Morgan fingerprint density at radius 1 is 1.44 bits per heavy atom. The van der Waals surface area contributed by atoms with Gasteiger partial charge in [0, 0.05) is 27.3 Å². The maximum Gasteiger partial charge on any atom is 0.262 e. The number of aryl methyl sites for hydroxylation is 1. The Morgan fingerprint density at radius 3 is 2.56 bits per heavy atom. The van der Waals surface area contributed by atoms with Crippen LogP contribution in [0.5, 0.6) is 0 Å². The highest BCUT2D eigenvalue weighted by Gasteiger charge is 2.19. The summed E-state index contributed by atoms with van der Waals surface area (Å²) in [5.41, 5.74) is 0.918. The van der Waals surface area contributed by atoms with Crippen molar-refractivity contribution in [2.75, 3.05) is 6.54 Å². The van der Waals surface area contributed by atoms with Crippen LogP contribution in [0.1, 0.15) is 29.3 Å². The predicted octanol–water partition coefficient (Wildman–Crippen LogP) is 2.82. The maximum absolute atomic E-state index is 11.8. The normalized spacial score (nSPS) is 11.3. The lowest BCUT2D eigenvalue weighted by atomic mass is 10.1. The lowest BCUT2D eigenvalue weighted by Crippen LogP contribution is -2.24. The Hall–Kier alpha value is -0.590. The molecule has 0 radical (unpaired) electrons. The number of rotatable bonds is 4. The van der Waals surface area contributed by atoms with Crippen LogP contribution in [0.25, 0.3) is 0 Å². The van der Waals surface area contributed by atoms with Crippen LogP contribution in [0.15, 0.2) is 21.5 Å². The van der Waals surface area contributed by atoms with Crippen LogP contribution in [0.2, 0.25) is 0 Å². The van der Waals surface area contributed by atoms with Crippen LogP contribution in [0.3, 0.4) is 0 Å². The molecule has 0 aliphatic rings. The number of carbonyl (C=O) groups is 1. The molecule has 0 atom stereocenters. The van der Waals surface area contributed by atoms with Gasteiger partial charge in [-0.05, 0) is 47.0 Å². The maximum atomic E-state index is 11.8. The second kappa shape index (κ2) is 6.04. The van der Waals surface area contributed by atoms with E-state index in [1.165, 1.54) is 6.07 Å². The Balaban J connectivity index is 3.25. The van der Waals surface area contributed by atoms with E-state index in [0.29, 0.717) is 16.6 Å². The summed E-state index contributed by atoms with van der Waals surface area (Å²) >= 11 is 3.16. The molecule has 1 N–H and O–H groups in total. The molecule has 0 spiro atoms. The van der Waals surface area contributed by atoms with E-state index in [1.54, 1.807) is 13.0 Å². The van der Waals surface area contributed by atoms with Gasteiger partial charge in [-0.25, -0.2) is 8.42 Å². The van der Waals surface area contributed by atoms with Crippen molar-refractivity contribution in [3.8, 4) is 0 Å². The minimum absolute atomic E-state index is 0.0918. The minimum Gasteiger partial charge on any atom is -0.352 e. The largest absolute Gasteiger partial charge is 0.352 e. The van der Waals surface area contributed by atoms with Crippen LogP contribution in [-0.4, -0.2) is 20.9 Å². The van der Waals surface area contributed by atoms with Crippen molar-refractivity contribution in [2.24, 2.45) is 0 Å². The molecule has 0 aromatic heterocycles.